The lowest BCUT2D eigenvalue weighted by atomic mass is 10.1. The van der Waals surface area contributed by atoms with Gasteiger partial charge in [0.05, 0.1) is 22.0 Å². The highest BCUT2D eigenvalue weighted by Crippen LogP contribution is 2.29. The molecule has 24 heavy (non-hydrogen) atoms. The van der Waals surface area contributed by atoms with Gasteiger partial charge in [-0.1, -0.05) is 23.2 Å². The molecule has 120 valence electrons. The van der Waals surface area contributed by atoms with Crippen LogP contribution in [0.1, 0.15) is 16.1 Å². The van der Waals surface area contributed by atoms with Crippen molar-refractivity contribution in [3.05, 3.63) is 57.8 Å². The minimum atomic E-state index is -0.0613. The topological polar surface area (TPSA) is 70.7 Å². The molecule has 5 nitrogen and oxygen atoms in total. The maximum Gasteiger partial charge on any atom is 0.253 e. The number of aromatic amines is 1. The van der Waals surface area contributed by atoms with E-state index in [1.54, 1.807) is 30.5 Å². The van der Waals surface area contributed by atoms with Crippen LogP contribution in [0.4, 0.5) is 0 Å². The monoisotopic (exact) mass is 358 g/mol. The molecule has 1 aliphatic rings. The van der Waals surface area contributed by atoms with Crippen LogP contribution in [-0.4, -0.2) is 27.4 Å². The first-order valence-corrected chi connectivity index (χ1v) is 8.16. The molecule has 7 heteroatoms. The third-order valence-corrected chi connectivity index (χ3v) is 4.46. The first-order chi connectivity index (χ1) is 11.6. The molecule has 3 aromatic rings. The number of hydrogen-bond acceptors (Lipinski definition) is 3. The fraction of sp³-hybridized carbons (Fsp3) is 0.118. The van der Waals surface area contributed by atoms with Crippen LogP contribution in [-0.2, 0) is 6.42 Å². The smallest absolute Gasteiger partial charge is 0.253 e. The van der Waals surface area contributed by atoms with Gasteiger partial charge in [0, 0.05) is 35.4 Å². The van der Waals surface area contributed by atoms with Gasteiger partial charge in [0.25, 0.3) is 5.91 Å². The second-order valence-corrected chi connectivity index (χ2v) is 6.31. The summed E-state index contributed by atoms with van der Waals surface area (Å²) in [7, 11) is 0. The van der Waals surface area contributed by atoms with Crippen molar-refractivity contribution in [3.8, 4) is 22.8 Å². The normalized spacial score (nSPS) is 13.5. The second-order valence-electron chi connectivity index (χ2n) is 5.47. The molecule has 0 spiro atoms. The minimum absolute atomic E-state index is 0.0613. The standard InChI is InChI=1S/C17H12Cl2N4O/c18-9-1-2-10(12(19)7-9)16-20-5-4-14(23-16)15-8-11-13(22-15)3-6-21-17(11)24/h1-2,4-5,7-8,22H,3,6H2,(H,21,24). The number of H-pyrrole nitrogens is 1. The summed E-state index contributed by atoms with van der Waals surface area (Å²) in [5.74, 6) is 0.444. The predicted molar refractivity (Wildman–Crippen MR) is 93.3 cm³/mol. The Labute approximate surface area is 148 Å². The number of hydrogen-bond donors (Lipinski definition) is 2. The van der Waals surface area contributed by atoms with Gasteiger partial charge in [-0.25, -0.2) is 9.97 Å². The van der Waals surface area contributed by atoms with Gasteiger partial charge < -0.3 is 10.3 Å². The Morgan fingerprint density at radius 2 is 1.96 bits per heavy atom. The molecule has 1 aliphatic heterocycles. The van der Waals surface area contributed by atoms with Crippen LogP contribution in [0, 0.1) is 0 Å². The van der Waals surface area contributed by atoms with E-state index in [2.05, 4.69) is 20.3 Å². The molecular weight excluding hydrogens is 347 g/mol. The molecule has 3 heterocycles. The number of carbonyl (C=O) groups is 1. The fourth-order valence-electron chi connectivity index (χ4n) is 2.74. The van der Waals surface area contributed by atoms with Crippen LogP contribution >= 0.6 is 23.2 Å². The lowest BCUT2D eigenvalue weighted by molar-refractivity contribution is 0.0946. The summed E-state index contributed by atoms with van der Waals surface area (Å²) in [4.78, 5) is 24.0. The lowest BCUT2D eigenvalue weighted by Gasteiger charge is -2.10. The van der Waals surface area contributed by atoms with E-state index in [0.29, 0.717) is 39.2 Å². The largest absolute Gasteiger partial charge is 0.356 e. The maximum absolute atomic E-state index is 11.9. The van der Waals surface area contributed by atoms with Gasteiger partial charge in [-0.05, 0) is 30.3 Å². The van der Waals surface area contributed by atoms with Crippen molar-refractivity contribution in [3.63, 3.8) is 0 Å². The minimum Gasteiger partial charge on any atom is -0.356 e. The Hall–Kier alpha value is -2.37. The third-order valence-electron chi connectivity index (χ3n) is 3.91. The summed E-state index contributed by atoms with van der Waals surface area (Å²) in [6.07, 6.45) is 2.45. The van der Waals surface area contributed by atoms with Crippen LogP contribution in [0.3, 0.4) is 0 Å². The van der Waals surface area contributed by atoms with E-state index in [-0.39, 0.29) is 5.91 Å². The zero-order valence-corrected chi connectivity index (χ0v) is 13.9. The number of nitrogens with one attached hydrogen (secondary N) is 2. The molecule has 2 N–H and O–H groups in total. The highest BCUT2D eigenvalue weighted by atomic mass is 35.5. The van der Waals surface area contributed by atoms with Crippen LogP contribution in [0.2, 0.25) is 10.0 Å². The van der Waals surface area contributed by atoms with E-state index in [1.165, 1.54) is 0 Å². The number of halogens is 2. The van der Waals surface area contributed by atoms with Gasteiger partial charge in [-0.2, -0.15) is 0 Å². The molecule has 0 saturated heterocycles. The number of amides is 1. The zero-order chi connectivity index (χ0) is 16.7. The highest BCUT2D eigenvalue weighted by Gasteiger charge is 2.20. The van der Waals surface area contributed by atoms with Crippen molar-refractivity contribution in [2.45, 2.75) is 6.42 Å². The van der Waals surface area contributed by atoms with Crippen molar-refractivity contribution in [1.29, 1.82) is 0 Å². The Morgan fingerprint density at radius 1 is 1.08 bits per heavy atom. The van der Waals surface area contributed by atoms with E-state index in [1.807, 2.05) is 6.07 Å². The molecule has 0 saturated carbocycles. The van der Waals surface area contributed by atoms with Gasteiger partial charge in [0.15, 0.2) is 5.82 Å². The van der Waals surface area contributed by atoms with Gasteiger partial charge in [0.1, 0.15) is 0 Å². The molecule has 0 aliphatic carbocycles. The Balaban J connectivity index is 1.77. The SMILES string of the molecule is O=C1NCCc2[nH]c(-c3ccnc(-c4ccc(Cl)cc4Cl)n3)cc21. The van der Waals surface area contributed by atoms with Crippen LogP contribution in [0.25, 0.3) is 22.8 Å². The Morgan fingerprint density at radius 3 is 2.75 bits per heavy atom. The average molecular weight is 359 g/mol. The summed E-state index contributed by atoms with van der Waals surface area (Å²) >= 11 is 12.2. The molecule has 2 aromatic heterocycles. The number of benzene rings is 1. The van der Waals surface area contributed by atoms with Crippen LogP contribution < -0.4 is 5.32 Å². The number of carbonyl (C=O) groups excluding carboxylic acids is 1. The Bertz CT molecular complexity index is 952. The zero-order valence-electron chi connectivity index (χ0n) is 12.4. The number of aromatic nitrogens is 3. The average Bonchev–Trinajstić information content (AvgIpc) is 3.01. The molecule has 0 radical (unpaired) electrons. The second kappa shape index (κ2) is 5.92. The fourth-order valence-corrected chi connectivity index (χ4v) is 3.23. The molecule has 1 amide bonds. The molecule has 0 fully saturated rings. The highest BCUT2D eigenvalue weighted by molar-refractivity contribution is 6.36. The van der Waals surface area contributed by atoms with Crippen molar-refractivity contribution in [2.24, 2.45) is 0 Å². The van der Waals surface area contributed by atoms with Gasteiger partial charge in [0.2, 0.25) is 0 Å². The maximum atomic E-state index is 11.9. The van der Waals surface area contributed by atoms with E-state index < -0.39 is 0 Å². The van der Waals surface area contributed by atoms with E-state index in [9.17, 15) is 4.79 Å². The summed E-state index contributed by atoms with van der Waals surface area (Å²) in [6, 6.07) is 8.81. The molecule has 0 unspecified atom stereocenters. The lowest BCUT2D eigenvalue weighted by Crippen LogP contribution is -2.31. The number of fused-ring (bicyclic) bond motifs is 1. The molecule has 1 aromatic carbocycles. The summed E-state index contributed by atoms with van der Waals surface area (Å²) in [5.41, 5.74) is 3.79. The third kappa shape index (κ3) is 2.66. The first kappa shape index (κ1) is 15.2. The predicted octanol–water partition coefficient (Wildman–Crippen LogP) is 3.73. The molecule has 4 rings (SSSR count). The van der Waals surface area contributed by atoms with E-state index in [4.69, 9.17) is 23.2 Å². The van der Waals surface area contributed by atoms with Crippen molar-refractivity contribution >= 4 is 29.1 Å². The van der Waals surface area contributed by atoms with Gasteiger partial charge in [-0.15, -0.1) is 0 Å². The van der Waals surface area contributed by atoms with Crippen molar-refractivity contribution < 1.29 is 4.79 Å². The van der Waals surface area contributed by atoms with Crippen molar-refractivity contribution in [2.75, 3.05) is 6.54 Å². The van der Waals surface area contributed by atoms with Gasteiger partial charge >= 0.3 is 0 Å². The molecule has 0 atom stereocenters. The van der Waals surface area contributed by atoms with Gasteiger partial charge in [-0.3, -0.25) is 4.79 Å². The van der Waals surface area contributed by atoms with E-state index in [0.717, 1.165) is 17.8 Å². The molecule has 0 bridgehead atoms. The quantitative estimate of drug-likeness (QED) is 0.733. The van der Waals surface area contributed by atoms with Crippen molar-refractivity contribution in [1.82, 2.24) is 20.3 Å². The summed E-state index contributed by atoms with van der Waals surface area (Å²) in [5, 5.41) is 3.88. The van der Waals surface area contributed by atoms with Crippen LogP contribution in [0.15, 0.2) is 36.5 Å². The number of nitrogens with zero attached hydrogens (tertiary/aromatic N) is 2. The van der Waals surface area contributed by atoms with Crippen LogP contribution in [0.5, 0.6) is 0 Å². The summed E-state index contributed by atoms with van der Waals surface area (Å²) in [6.45, 7) is 0.640. The Kier molecular flexibility index (Phi) is 3.75. The first-order valence-electron chi connectivity index (χ1n) is 7.41. The molecular formula is C17H12Cl2N4O. The van der Waals surface area contributed by atoms with E-state index >= 15 is 0 Å². The number of rotatable bonds is 2. The summed E-state index contributed by atoms with van der Waals surface area (Å²) < 4.78 is 0.